The molecule has 0 saturated carbocycles. The second-order valence-corrected chi connectivity index (χ2v) is 3.58. The molecule has 0 aliphatic heterocycles. The summed E-state index contributed by atoms with van der Waals surface area (Å²) in [4.78, 5) is 0. The quantitative estimate of drug-likeness (QED) is 0.715. The molecule has 0 spiro atoms. The van der Waals surface area contributed by atoms with E-state index in [4.69, 9.17) is 0 Å². The molecular weight excluding hydrogens is 176 g/mol. The first-order valence-electron chi connectivity index (χ1n) is 4.65. The first-order valence-corrected chi connectivity index (χ1v) is 4.65. The number of aryl methyl sites for hydroxylation is 2. The van der Waals surface area contributed by atoms with Crippen LogP contribution in [-0.2, 0) is 14.1 Å². The molecule has 0 aliphatic rings. The van der Waals surface area contributed by atoms with Crippen LogP contribution < -0.4 is 0 Å². The van der Waals surface area contributed by atoms with Crippen molar-refractivity contribution in [1.29, 1.82) is 0 Å². The van der Waals surface area contributed by atoms with Gasteiger partial charge in [0.1, 0.15) is 0 Å². The molecule has 1 unspecified atom stereocenters. The first kappa shape index (κ1) is 8.99. The highest BCUT2D eigenvalue weighted by Crippen LogP contribution is 2.21. The predicted octanol–water partition coefficient (Wildman–Crippen LogP) is 1.31. The Morgan fingerprint density at radius 1 is 1.29 bits per heavy atom. The molecule has 0 fully saturated rings. The van der Waals surface area contributed by atoms with E-state index in [1.54, 1.807) is 0 Å². The maximum absolute atomic E-state index is 4.38. The molecule has 0 saturated heterocycles. The lowest BCUT2D eigenvalue weighted by Gasteiger charge is -2.04. The molecule has 2 heterocycles. The minimum atomic E-state index is 0.310. The van der Waals surface area contributed by atoms with E-state index in [0.717, 1.165) is 5.69 Å². The Morgan fingerprint density at radius 3 is 2.57 bits per heavy atom. The van der Waals surface area contributed by atoms with Gasteiger partial charge in [0.15, 0.2) is 0 Å². The number of hydrogen-bond acceptors (Lipinski definition) is 2. The third kappa shape index (κ3) is 1.55. The van der Waals surface area contributed by atoms with Crippen molar-refractivity contribution in [2.24, 2.45) is 14.1 Å². The normalized spacial score (nSPS) is 13.1. The van der Waals surface area contributed by atoms with Gasteiger partial charge in [0.2, 0.25) is 0 Å². The summed E-state index contributed by atoms with van der Waals surface area (Å²) in [5.41, 5.74) is 2.28. The highest BCUT2D eigenvalue weighted by Gasteiger charge is 2.12. The van der Waals surface area contributed by atoms with E-state index in [0.29, 0.717) is 5.92 Å². The van der Waals surface area contributed by atoms with Gasteiger partial charge in [-0.25, -0.2) is 0 Å². The van der Waals surface area contributed by atoms with Gasteiger partial charge in [0, 0.05) is 32.4 Å². The summed E-state index contributed by atoms with van der Waals surface area (Å²) < 4.78 is 3.64. The van der Waals surface area contributed by atoms with E-state index in [1.165, 1.54) is 5.56 Å². The Balaban J connectivity index is 2.28. The number of aromatic nitrogens is 4. The van der Waals surface area contributed by atoms with Crippen LogP contribution in [-0.4, -0.2) is 19.6 Å². The molecule has 4 heteroatoms. The Kier molecular flexibility index (Phi) is 2.11. The largest absolute Gasteiger partial charge is 0.276 e. The van der Waals surface area contributed by atoms with Crippen LogP contribution in [0.25, 0.3) is 0 Å². The van der Waals surface area contributed by atoms with Gasteiger partial charge < -0.3 is 0 Å². The minimum absolute atomic E-state index is 0.310. The van der Waals surface area contributed by atoms with Gasteiger partial charge in [0.25, 0.3) is 0 Å². The lowest BCUT2D eigenvalue weighted by molar-refractivity contribution is 0.724. The Morgan fingerprint density at radius 2 is 2.07 bits per heavy atom. The predicted molar refractivity (Wildman–Crippen MR) is 53.9 cm³/mol. The van der Waals surface area contributed by atoms with Crippen LogP contribution in [0, 0.1) is 0 Å². The van der Waals surface area contributed by atoms with Crippen molar-refractivity contribution >= 4 is 0 Å². The van der Waals surface area contributed by atoms with Crippen molar-refractivity contribution < 1.29 is 0 Å². The molecular formula is C10H14N4. The minimum Gasteiger partial charge on any atom is -0.276 e. The maximum Gasteiger partial charge on any atom is 0.0697 e. The van der Waals surface area contributed by atoms with Crippen LogP contribution in [0.1, 0.15) is 24.1 Å². The SMILES string of the molecule is CC(c1cnn(C)c1)c1ccn(C)n1. The Labute approximate surface area is 83.2 Å². The molecule has 74 valence electrons. The molecule has 0 amide bonds. The Hall–Kier alpha value is -1.58. The van der Waals surface area contributed by atoms with E-state index in [2.05, 4.69) is 17.1 Å². The topological polar surface area (TPSA) is 35.6 Å². The van der Waals surface area contributed by atoms with Crippen LogP contribution in [0.15, 0.2) is 24.7 Å². The summed E-state index contributed by atoms with van der Waals surface area (Å²) >= 11 is 0. The van der Waals surface area contributed by atoms with Gasteiger partial charge in [0.05, 0.1) is 11.9 Å². The highest BCUT2D eigenvalue weighted by atomic mass is 15.3. The monoisotopic (exact) mass is 190 g/mol. The second-order valence-electron chi connectivity index (χ2n) is 3.58. The molecule has 2 aromatic rings. The third-order valence-electron chi connectivity index (χ3n) is 2.40. The van der Waals surface area contributed by atoms with Gasteiger partial charge in [-0.3, -0.25) is 9.36 Å². The second kappa shape index (κ2) is 3.29. The standard InChI is InChI=1S/C10H14N4/c1-8(9-6-11-14(3)7-9)10-4-5-13(2)12-10/h4-8H,1-3H3. The zero-order chi connectivity index (χ0) is 10.1. The van der Waals surface area contributed by atoms with Gasteiger partial charge in [-0.2, -0.15) is 10.2 Å². The lowest BCUT2D eigenvalue weighted by atomic mass is 10.0. The molecule has 0 N–H and O–H groups in total. The summed E-state index contributed by atoms with van der Waals surface area (Å²) in [7, 11) is 3.86. The average molecular weight is 190 g/mol. The fraction of sp³-hybridized carbons (Fsp3) is 0.400. The van der Waals surface area contributed by atoms with Crippen LogP contribution in [0.4, 0.5) is 0 Å². The molecule has 14 heavy (non-hydrogen) atoms. The van der Waals surface area contributed by atoms with Crippen molar-refractivity contribution in [3.8, 4) is 0 Å². The molecule has 0 bridgehead atoms. The molecule has 2 aromatic heterocycles. The van der Waals surface area contributed by atoms with Crippen LogP contribution >= 0.6 is 0 Å². The Bertz CT molecular complexity index is 387. The highest BCUT2D eigenvalue weighted by molar-refractivity contribution is 5.22. The van der Waals surface area contributed by atoms with Crippen LogP contribution in [0.2, 0.25) is 0 Å². The third-order valence-corrected chi connectivity index (χ3v) is 2.40. The average Bonchev–Trinajstić information content (AvgIpc) is 2.73. The van der Waals surface area contributed by atoms with Crippen molar-refractivity contribution in [3.63, 3.8) is 0 Å². The molecule has 0 aliphatic carbocycles. The molecule has 1 atom stereocenters. The molecule has 4 nitrogen and oxygen atoms in total. The molecule has 0 radical (unpaired) electrons. The van der Waals surface area contributed by atoms with E-state index < -0.39 is 0 Å². The lowest BCUT2D eigenvalue weighted by Crippen LogP contribution is -1.97. The van der Waals surface area contributed by atoms with Crippen molar-refractivity contribution in [2.45, 2.75) is 12.8 Å². The first-order chi connectivity index (χ1) is 6.66. The zero-order valence-electron chi connectivity index (χ0n) is 8.68. The summed E-state index contributed by atoms with van der Waals surface area (Å²) in [5.74, 6) is 0.310. The maximum atomic E-state index is 4.38. The van der Waals surface area contributed by atoms with Gasteiger partial charge in [-0.15, -0.1) is 0 Å². The van der Waals surface area contributed by atoms with E-state index >= 15 is 0 Å². The fourth-order valence-electron chi connectivity index (χ4n) is 1.50. The molecule has 0 aromatic carbocycles. The molecule has 2 rings (SSSR count). The van der Waals surface area contributed by atoms with Crippen molar-refractivity contribution in [3.05, 3.63) is 35.9 Å². The van der Waals surface area contributed by atoms with Crippen molar-refractivity contribution in [1.82, 2.24) is 19.6 Å². The van der Waals surface area contributed by atoms with Crippen molar-refractivity contribution in [2.75, 3.05) is 0 Å². The van der Waals surface area contributed by atoms with Crippen LogP contribution in [0.5, 0.6) is 0 Å². The summed E-state index contributed by atoms with van der Waals surface area (Å²) in [6.45, 7) is 2.14. The zero-order valence-corrected chi connectivity index (χ0v) is 8.68. The number of rotatable bonds is 2. The fourth-order valence-corrected chi connectivity index (χ4v) is 1.50. The van der Waals surface area contributed by atoms with E-state index in [1.807, 2.05) is 48.1 Å². The van der Waals surface area contributed by atoms with Gasteiger partial charge in [-0.05, 0) is 11.6 Å². The van der Waals surface area contributed by atoms with E-state index in [9.17, 15) is 0 Å². The number of hydrogen-bond donors (Lipinski definition) is 0. The van der Waals surface area contributed by atoms with Crippen LogP contribution in [0.3, 0.4) is 0 Å². The number of nitrogens with zero attached hydrogens (tertiary/aromatic N) is 4. The van der Waals surface area contributed by atoms with Gasteiger partial charge >= 0.3 is 0 Å². The summed E-state index contributed by atoms with van der Waals surface area (Å²) in [6.07, 6.45) is 5.88. The van der Waals surface area contributed by atoms with Gasteiger partial charge in [-0.1, -0.05) is 6.92 Å². The summed E-state index contributed by atoms with van der Waals surface area (Å²) in [6, 6.07) is 2.04. The van der Waals surface area contributed by atoms with E-state index in [-0.39, 0.29) is 0 Å². The smallest absolute Gasteiger partial charge is 0.0697 e. The summed E-state index contributed by atoms with van der Waals surface area (Å²) in [5, 5.41) is 8.53.